The van der Waals surface area contributed by atoms with Crippen LogP contribution in [0.1, 0.15) is 22.3 Å². The Hall–Kier alpha value is -8.98. The summed E-state index contributed by atoms with van der Waals surface area (Å²) in [7, 11) is -5.85. The van der Waals surface area contributed by atoms with Crippen LogP contribution in [0.2, 0.25) is 0 Å². The lowest BCUT2D eigenvalue weighted by Crippen LogP contribution is -2.51. The molecule has 0 amide bonds. The Morgan fingerprint density at radius 2 is 0.468 bits per heavy atom. The van der Waals surface area contributed by atoms with Crippen LogP contribution in [-0.2, 0) is 20.9 Å². The SMILES string of the molecule is O=S(=O)(Oc1ccc(N2CC34c5c6c7c8c9c%10c(c%11c%12c3c3c5c5c%13c6c6c7c7c9c9c%14c%10c%10c%11c%11c%12c%12c3c3c5c5c%13c%13c6c6c7c9c7c9c%14c%10c%10c%11c%11c%12c3c3c5c5c%13c6c7c6c9c%10c%11c3c56)C84C2)cc1)C(F)(F)F. The molecule has 1 aliphatic heterocycles. The molecule has 4 aliphatic carbocycles. The molecule has 5 aliphatic rings. The van der Waals surface area contributed by atoms with Crippen LogP contribution in [-0.4, -0.2) is 27.0 Å². The molecule has 1 fully saturated rings. The Morgan fingerprint density at radius 3 is 0.636 bits per heavy atom. The second-order valence-electron chi connectivity index (χ2n) is 26.9. The van der Waals surface area contributed by atoms with Gasteiger partial charge in [-0.05, 0) is 337 Å². The Balaban J connectivity index is 0.991. The minimum Gasteiger partial charge on any atom is -0.376 e. The van der Waals surface area contributed by atoms with Gasteiger partial charge in [0.1, 0.15) is 5.75 Å². The summed E-state index contributed by atoms with van der Waals surface area (Å²) in [5.74, 6) is -0.337. The predicted octanol–water partition coefficient (Wildman–Crippen LogP) is 18.0. The minimum absolute atomic E-state index is 0.337. The van der Waals surface area contributed by atoms with Gasteiger partial charge < -0.3 is 9.08 Å². The minimum atomic E-state index is -5.85. The van der Waals surface area contributed by atoms with Gasteiger partial charge in [0.15, 0.2) is 0 Å². The van der Waals surface area contributed by atoms with Gasteiger partial charge >= 0.3 is 15.6 Å². The Labute approximate surface area is 416 Å². The number of anilines is 1. The van der Waals surface area contributed by atoms with Gasteiger partial charge in [-0.1, -0.05) is 0 Å². The molecule has 29 aromatic rings. The van der Waals surface area contributed by atoms with Crippen molar-refractivity contribution in [3.63, 3.8) is 0 Å². The summed E-state index contributed by atoms with van der Waals surface area (Å²) in [6.07, 6.45) is 0. The summed E-state index contributed by atoms with van der Waals surface area (Å²) in [5.41, 5.74) is 0.570. The molecule has 77 heavy (non-hydrogen) atoms. The van der Waals surface area contributed by atoms with Crippen LogP contribution in [0.5, 0.6) is 5.75 Å². The molecule has 0 saturated carbocycles. The summed E-state index contributed by atoms with van der Waals surface area (Å²) in [6.45, 7) is 1.40. The second kappa shape index (κ2) is 6.95. The fourth-order valence-corrected chi connectivity index (χ4v) is 26.3. The number of hydrogen-bond acceptors (Lipinski definition) is 4. The Bertz CT molecular complexity index is 7260. The van der Waals surface area contributed by atoms with Gasteiger partial charge in [0, 0.05) is 18.8 Å². The zero-order valence-corrected chi connectivity index (χ0v) is 39.3. The molecule has 4 nitrogen and oxygen atoms in total. The molecule has 0 unspecified atom stereocenters. The fraction of sp³-hybridized carbons (Fsp3) is 0.0725. The van der Waals surface area contributed by atoms with Crippen molar-refractivity contribution in [2.24, 2.45) is 0 Å². The van der Waals surface area contributed by atoms with Gasteiger partial charge in [-0.3, -0.25) is 0 Å². The van der Waals surface area contributed by atoms with Gasteiger partial charge in [-0.2, -0.15) is 21.6 Å². The Kier molecular flexibility index (Phi) is 2.76. The van der Waals surface area contributed by atoms with Gasteiger partial charge in [-0.15, -0.1) is 0 Å². The fourth-order valence-electron chi connectivity index (χ4n) is 25.8. The van der Waals surface area contributed by atoms with E-state index in [2.05, 4.69) is 4.90 Å². The van der Waals surface area contributed by atoms with E-state index in [-0.39, 0.29) is 5.75 Å². The average Bonchev–Trinajstić information content (AvgIpc) is 1.48. The third-order valence-corrected chi connectivity index (χ3v) is 27.2. The zero-order chi connectivity index (χ0) is 47.2. The first-order valence-electron chi connectivity index (χ1n) is 27.4. The summed E-state index contributed by atoms with van der Waals surface area (Å²) in [4.78, 5) is 2.58. The van der Waals surface area contributed by atoms with E-state index in [1.165, 1.54) is 141 Å². The van der Waals surface area contributed by atoms with Gasteiger partial charge in [0.05, 0.1) is 10.8 Å². The first-order chi connectivity index (χ1) is 37.7. The monoisotopic (exact) mass is 987 g/mol. The number of nitrogens with zero attached hydrogens (tertiary/aromatic N) is 1. The first-order valence-corrected chi connectivity index (χ1v) is 28.8. The molecular weight excluding hydrogens is 980 g/mol. The van der Waals surface area contributed by atoms with Crippen molar-refractivity contribution in [2.75, 3.05) is 18.0 Å². The normalized spacial score (nSPS) is 22.0. The average molecular weight is 988 g/mol. The number of benzene rings is 19. The molecule has 29 aromatic carbocycles. The maximum atomic E-state index is 13.8. The molecule has 1 saturated heterocycles. The quantitative estimate of drug-likeness (QED) is 0.101. The Morgan fingerprint density at radius 1 is 0.299 bits per heavy atom. The molecule has 8 heteroatoms. The number of alkyl halides is 3. The summed E-state index contributed by atoms with van der Waals surface area (Å²) in [5, 5.41) is 83.5. The topological polar surface area (TPSA) is 46.6 Å². The van der Waals surface area contributed by atoms with E-state index in [0.717, 1.165) is 5.69 Å². The summed E-state index contributed by atoms with van der Waals surface area (Å²) >= 11 is 0. The molecule has 1 heterocycles. The highest BCUT2D eigenvalue weighted by Crippen LogP contribution is 2.85. The zero-order valence-electron chi connectivity index (χ0n) is 38.4. The summed E-state index contributed by atoms with van der Waals surface area (Å²) in [6, 6.07) is 6.51. The van der Waals surface area contributed by atoms with Crippen molar-refractivity contribution in [3.8, 4) is 5.75 Å². The van der Waals surface area contributed by atoms with E-state index in [1.54, 1.807) is 184 Å². The molecule has 0 N–H and O–H groups in total. The number of hydrogen-bond donors (Lipinski definition) is 0. The lowest BCUT2D eigenvalue weighted by atomic mass is 9.50. The standard InChI is InChI=1S/C69H8F3NO3S/c70-69(71,72)77(74,75)76-8-3-1-7(2-4-8)73-5-67-63-55-47-37-27-19-11-9-10-13-17-15(11)23-31-25(17)35-29-21(13)22-14(10)18-16-12(9)20(19)28-34-24(16)32-26(18)36-30(22)40-39(29)49-43(35)53-45(31)51(41(47)33(23)27)59(63)61(53)65-57(49)58-50(40)44(36)54-46(32)52-42(34)48(38(28)37)56(55)64(67)60(52)62(54)66(58)68(65,67)6-73/h1-4H,5-6H2. The van der Waals surface area contributed by atoms with Crippen molar-refractivity contribution < 1.29 is 25.8 Å². The highest BCUT2D eigenvalue weighted by atomic mass is 32.2. The molecule has 2 spiro atoms. The largest absolute Gasteiger partial charge is 0.534 e. The van der Waals surface area contributed by atoms with Crippen LogP contribution in [0.15, 0.2) is 24.3 Å². The van der Waals surface area contributed by atoms with Gasteiger partial charge in [0.2, 0.25) is 0 Å². The van der Waals surface area contributed by atoms with E-state index in [9.17, 15) is 21.6 Å². The molecular formula is C69H8F3NO3S. The molecule has 0 radical (unpaired) electrons. The van der Waals surface area contributed by atoms with Crippen LogP contribution < -0.4 is 9.08 Å². The third kappa shape index (κ3) is 1.75. The molecule has 0 bridgehead atoms. The van der Waals surface area contributed by atoms with E-state index in [1.807, 2.05) is 12.1 Å². The van der Waals surface area contributed by atoms with Crippen molar-refractivity contribution in [1.82, 2.24) is 0 Å². The molecule has 0 aromatic heterocycles. The van der Waals surface area contributed by atoms with Crippen molar-refractivity contribution in [3.05, 3.63) is 46.5 Å². The third-order valence-electron chi connectivity index (χ3n) is 26.2. The van der Waals surface area contributed by atoms with Crippen LogP contribution in [0.25, 0.3) is 291 Å². The van der Waals surface area contributed by atoms with E-state index in [4.69, 9.17) is 4.18 Å². The number of halogens is 3. The van der Waals surface area contributed by atoms with E-state index >= 15 is 0 Å². The van der Waals surface area contributed by atoms with Gasteiger partial charge in [-0.25, -0.2) is 0 Å². The van der Waals surface area contributed by atoms with Gasteiger partial charge in [0.25, 0.3) is 0 Å². The van der Waals surface area contributed by atoms with Crippen LogP contribution >= 0.6 is 0 Å². The second-order valence-corrected chi connectivity index (χ2v) is 28.4. The lowest BCUT2D eigenvalue weighted by Gasteiger charge is -2.49. The molecule has 334 valence electrons. The smallest absolute Gasteiger partial charge is 0.376 e. The predicted molar refractivity (Wildman–Crippen MR) is 308 cm³/mol. The van der Waals surface area contributed by atoms with Crippen LogP contribution in [0.4, 0.5) is 18.9 Å². The lowest BCUT2D eigenvalue weighted by molar-refractivity contribution is -0.0500. The maximum absolute atomic E-state index is 13.8. The van der Waals surface area contributed by atoms with Crippen LogP contribution in [0.3, 0.4) is 0 Å². The highest BCUT2D eigenvalue weighted by molar-refractivity contribution is 7.88. The molecule has 34 rings (SSSR count). The highest BCUT2D eigenvalue weighted by Gasteiger charge is 2.73. The first kappa shape index (κ1) is 30.5. The van der Waals surface area contributed by atoms with Crippen molar-refractivity contribution >= 4 is 307 Å². The van der Waals surface area contributed by atoms with Crippen LogP contribution in [0, 0.1) is 0 Å². The maximum Gasteiger partial charge on any atom is 0.534 e. The molecule has 0 atom stereocenters. The summed E-state index contributed by atoms with van der Waals surface area (Å²) < 4.78 is 70.8. The van der Waals surface area contributed by atoms with Crippen molar-refractivity contribution in [1.29, 1.82) is 0 Å². The number of rotatable bonds is 3. The van der Waals surface area contributed by atoms with E-state index in [0.29, 0.717) is 13.1 Å². The van der Waals surface area contributed by atoms with E-state index < -0.39 is 26.5 Å². The van der Waals surface area contributed by atoms with Crippen molar-refractivity contribution in [2.45, 2.75) is 16.3 Å².